The number of carbonyl (C=O) groups is 2. The van der Waals surface area contributed by atoms with Crippen molar-refractivity contribution in [2.45, 2.75) is 6.04 Å². The van der Waals surface area contributed by atoms with Gasteiger partial charge in [0.15, 0.2) is 12.6 Å². The van der Waals surface area contributed by atoms with Crippen molar-refractivity contribution >= 4 is 11.9 Å². The summed E-state index contributed by atoms with van der Waals surface area (Å²) in [5, 5.41) is 11.2. The number of nitrogens with one attached hydrogen (secondary N) is 1. The van der Waals surface area contributed by atoms with E-state index in [0.29, 0.717) is 5.75 Å². The second kappa shape index (κ2) is 7.29. The van der Waals surface area contributed by atoms with E-state index in [9.17, 15) is 9.59 Å². The lowest BCUT2D eigenvalue weighted by atomic mass is 10.3. The van der Waals surface area contributed by atoms with Crippen LogP contribution in [0, 0.1) is 0 Å². The molecular weight excluding hydrogens is 238 g/mol. The maximum atomic E-state index is 11.5. The molecule has 0 radical (unpaired) electrons. The summed E-state index contributed by atoms with van der Waals surface area (Å²) >= 11 is 0. The fourth-order valence-electron chi connectivity index (χ4n) is 1.22. The summed E-state index contributed by atoms with van der Waals surface area (Å²) in [4.78, 5) is 22.6. The molecule has 0 aliphatic heterocycles. The van der Waals surface area contributed by atoms with Gasteiger partial charge >= 0.3 is 5.97 Å². The highest BCUT2D eigenvalue weighted by Gasteiger charge is 2.20. The molecule has 2 N–H and O–H groups in total. The summed E-state index contributed by atoms with van der Waals surface area (Å²) in [6.07, 6.45) is 0. The molecule has 0 aromatic heterocycles. The summed E-state index contributed by atoms with van der Waals surface area (Å²) in [7, 11) is 1.18. The summed E-state index contributed by atoms with van der Waals surface area (Å²) in [6.45, 7) is -0.763. The lowest BCUT2D eigenvalue weighted by molar-refractivity contribution is -0.146. The number of hydrogen-bond donors (Lipinski definition) is 2. The van der Waals surface area contributed by atoms with Crippen molar-refractivity contribution in [1.82, 2.24) is 5.32 Å². The van der Waals surface area contributed by atoms with Crippen LogP contribution in [0.25, 0.3) is 0 Å². The number of aliphatic hydroxyl groups is 1. The van der Waals surface area contributed by atoms with Gasteiger partial charge in [0, 0.05) is 0 Å². The van der Waals surface area contributed by atoms with Crippen LogP contribution in [0.15, 0.2) is 30.3 Å². The van der Waals surface area contributed by atoms with Crippen molar-refractivity contribution in [1.29, 1.82) is 0 Å². The number of methoxy groups -OCH3 is 1. The first-order valence-electron chi connectivity index (χ1n) is 5.33. The fraction of sp³-hybridized carbons (Fsp3) is 0.333. The molecular formula is C12H15NO5. The van der Waals surface area contributed by atoms with Crippen LogP contribution in [0.2, 0.25) is 0 Å². The summed E-state index contributed by atoms with van der Waals surface area (Å²) in [6, 6.07) is 7.72. The highest BCUT2D eigenvalue weighted by Crippen LogP contribution is 2.07. The lowest BCUT2D eigenvalue weighted by Gasteiger charge is -2.14. The first-order chi connectivity index (χ1) is 8.67. The predicted octanol–water partition coefficient (Wildman–Crippen LogP) is -0.285. The molecule has 1 rings (SSSR count). The van der Waals surface area contributed by atoms with Gasteiger partial charge in [0.1, 0.15) is 5.75 Å². The van der Waals surface area contributed by atoms with E-state index in [2.05, 4.69) is 10.1 Å². The molecule has 6 nitrogen and oxygen atoms in total. The van der Waals surface area contributed by atoms with Crippen LogP contribution in [-0.2, 0) is 14.3 Å². The van der Waals surface area contributed by atoms with Crippen LogP contribution >= 0.6 is 0 Å². The summed E-state index contributed by atoms with van der Waals surface area (Å²) in [5.74, 6) is -0.667. The Kier molecular flexibility index (Phi) is 5.66. The molecule has 6 heteroatoms. The molecule has 1 unspecified atom stereocenters. The average molecular weight is 253 g/mol. The van der Waals surface area contributed by atoms with Gasteiger partial charge in [-0.25, -0.2) is 4.79 Å². The molecule has 0 saturated carbocycles. The number of amides is 1. The molecule has 18 heavy (non-hydrogen) atoms. The summed E-state index contributed by atoms with van der Waals surface area (Å²) < 4.78 is 9.59. The van der Waals surface area contributed by atoms with E-state index < -0.39 is 24.5 Å². The zero-order valence-electron chi connectivity index (χ0n) is 9.96. The predicted molar refractivity (Wildman–Crippen MR) is 63.0 cm³/mol. The molecule has 0 aliphatic rings. The van der Waals surface area contributed by atoms with E-state index >= 15 is 0 Å². The first-order valence-corrected chi connectivity index (χ1v) is 5.33. The highest BCUT2D eigenvalue weighted by molar-refractivity contribution is 5.85. The van der Waals surface area contributed by atoms with Crippen LogP contribution in [0.4, 0.5) is 0 Å². The maximum Gasteiger partial charge on any atom is 0.330 e. The van der Waals surface area contributed by atoms with Crippen molar-refractivity contribution in [3.8, 4) is 5.75 Å². The fourth-order valence-corrected chi connectivity index (χ4v) is 1.22. The monoisotopic (exact) mass is 253 g/mol. The smallest absolute Gasteiger partial charge is 0.330 e. The minimum atomic E-state index is -1.07. The van der Waals surface area contributed by atoms with Gasteiger partial charge in [-0.1, -0.05) is 18.2 Å². The van der Waals surface area contributed by atoms with Gasteiger partial charge in [0.05, 0.1) is 13.7 Å². The third kappa shape index (κ3) is 4.42. The lowest BCUT2D eigenvalue weighted by Crippen LogP contribution is -2.45. The molecule has 0 spiro atoms. The van der Waals surface area contributed by atoms with Crippen molar-refractivity contribution in [3.05, 3.63) is 30.3 Å². The van der Waals surface area contributed by atoms with Gasteiger partial charge in [-0.15, -0.1) is 0 Å². The van der Waals surface area contributed by atoms with Gasteiger partial charge < -0.3 is 19.9 Å². The van der Waals surface area contributed by atoms with E-state index in [1.54, 1.807) is 24.3 Å². The van der Waals surface area contributed by atoms with Crippen molar-refractivity contribution in [3.63, 3.8) is 0 Å². The standard InChI is InChI=1S/C12H15NO5/c1-17-12(16)10(7-14)13-11(15)8-18-9-5-3-2-4-6-9/h2-6,10,14H,7-8H2,1H3,(H,13,15). The molecule has 1 aromatic rings. The minimum Gasteiger partial charge on any atom is -0.484 e. The van der Waals surface area contributed by atoms with Crippen molar-refractivity contribution < 1.29 is 24.2 Å². The van der Waals surface area contributed by atoms with Crippen molar-refractivity contribution in [2.24, 2.45) is 0 Å². The topological polar surface area (TPSA) is 84.9 Å². The number of hydrogen-bond acceptors (Lipinski definition) is 5. The number of rotatable bonds is 6. The van der Waals surface area contributed by atoms with Crippen LogP contribution in [-0.4, -0.2) is 43.3 Å². The number of benzene rings is 1. The van der Waals surface area contributed by atoms with E-state index in [1.807, 2.05) is 6.07 Å². The number of carbonyl (C=O) groups excluding carboxylic acids is 2. The Balaban J connectivity index is 2.39. The average Bonchev–Trinajstić information content (AvgIpc) is 2.42. The number of ether oxygens (including phenoxy) is 2. The molecule has 0 aliphatic carbocycles. The van der Waals surface area contributed by atoms with Gasteiger partial charge in [-0.3, -0.25) is 4.79 Å². The number of para-hydroxylation sites is 1. The Hall–Kier alpha value is -2.08. The zero-order chi connectivity index (χ0) is 13.4. The van der Waals surface area contributed by atoms with Crippen LogP contribution in [0.1, 0.15) is 0 Å². The normalized spacial score (nSPS) is 11.4. The molecule has 0 bridgehead atoms. The van der Waals surface area contributed by atoms with E-state index in [0.717, 1.165) is 0 Å². The first kappa shape index (κ1) is 14.0. The molecule has 0 fully saturated rings. The van der Waals surface area contributed by atoms with E-state index in [4.69, 9.17) is 9.84 Å². The maximum absolute atomic E-state index is 11.5. The van der Waals surface area contributed by atoms with Crippen LogP contribution < -0.4 is 10.1 Å². The van der Waals surface area contributed by atoms with Crippen LogP contribution in [0.3, 0.4) is 0 Å². The molecule has 98 valence electrons. The second-order valence-corrected chi connectivity index (χ2v) is 3.43. The largest absolute Gasteiger partial charge is 0.484 e. The molecule has 1 amide bonds. The molecule has 1 atom stereocenters. The van der Waals surface area contributed by atoms with Crippen molar-refractivity contribution in [2.75, 3.05) is 20.3 Å². The third-order valence-corrected chi connectivity index (χ3v) is 2.12. The van der Waals surface area contributed by atoms with Crippen LogP contribution in [0.5, 0.6) is 5.75 Å². The quantitative estimate of drug-likeness (QED) is 0.681. The number of aliphatic hydroxyl groups excluding tert-OH is 1. The Morgan fingerprint density at radius 2 is 2.00 bits per heavy atom. The number of esters is 1. The zero-order valence-corrected chi connectivity index (χ0v) is 9.96. The third-order valence-electron chi connectivity index (χ3n) is 2.12. The second-order valence-electron chi connectivity index (χ2n) is 3.43. The van der Waals surface area contributed by atoms with Gasteiger partial charge in [0.2, 0.25) is 0 Å². The van der Waals surface area contributed by atoms with Gasteiger partial charge in [0.25, 0.3) is 5.91 Å². The SMILES string of the molecule is COC(=O)C(CO)NC(=O)COc1ccccc1. The minimum absolute atomic E-state index is 0.239. The van der Waals surface area contributed by atoms with Gasteiger partial charge in [-0.2, -0.15) is 0 Å². The molecule has 1 aromatic carbocycles. The molecule has 0 saturated heterocycles. The Labute approximate surface area is 105 Å². The Bertz CT molecular complexity index is 393. The Morgan fingerprint density at radius 3 is 2.56 bits per heavy atom. The Morgan fingerprint density at radius 1 is 1.33 bits per heavy atom. The van der Waals surface area contributed by atoms with E-state index in [-0.39, 0.29) is 6.61 Å². The van der Waals surface area contributed by atoms with Gasteiger partial charge in [-0.05, 0) is 12.1 Å². The highest BCUT2D eigenvalue weighted by atomic mass is 16.5. The summed E-state index contributed by atoms with van der Waals surface area (Å²) in [5.41, 5.74) is 0. The van der Waals surface area contributed by atoms with E-state index in [1.165, 1.54) is 7.11 Å². The molecule has 0 heterocycles.